The highest BCUT2D eigenvalue weighted by atomic mass is 16.4. The Labute approximate surface area is 157 Å². The Morgan fingerprint density at radius 3 is 2.96 bits per heavy atom. The van der Waals surface area contributed by atoms with E-state index in [0.717, 1.165) is 41.7 Å². The molecule has 2 atom stereocenters. The number of oxazole rings is 1. The van der Waals surface area contributed by atoms with Crippen LogP contribution in [0, 0.1) is 12.8 Å². The largest absolute Gasteiger partial charge is 0.423 e. The molecule has 3 aromatic rings. The minimum absolute atomic E-state index is 0.00999. The van der Waals surface area contributed by atoms with E-state index in [9.17, 15) is 4.79 Å². The highest BCUT2D eigenvalue weighted by Gasteiger charge is 2.41. The summed E-state index contributed by atoms with van der Waals surface area (Å²) in [5, 5.41) is 0. The van der Waals surface area contributed by atoms with Crippen LogP contribution >= 0.6 is 0 Å². The van der Waals surface area contributed by atoms with Crippen LogP contribution in [0.5, 0.6) is 0 Å². The van der Waals surface area contributed by atoms with Crippen molar-refractivity contribution in [2.75, 3.05) is 18.0 Å². The van der Waals surface area contributed by atoms with Crippen LogP contribution in [0.4, 0.5) is 6.01 Å². The molecule has 2 aromatic heterocycles. The summed E-state index contributed by atoms with van der Waals surface area (Å²) in [6.07, 6.45) is 3.72. The number of fused-ring (bicyclic) bond motifs is 5. The predicted molar refractivity (Wildman–Crippen MR) is 102 cm³/mol. The number of pyridine rings is 1. The number of amides is 1. The molecule has 2 unspecified atom stereocenters. The molecule has 6 nitrogen and oxygen atoms in total. The number of benzene rings is 1. The van der Waals surface area contributed by atoms with Crippen molar-refractivity contribution >= 4 is 23.0 Å². The van der Waals surface area contributed by atoms with Gasteiger partial charge in [0.05, 0.1) is 18.2 Å². The second-order valence-electron chi connectivity index (χ2n) is 7.59. The Bertz CT molecular complexity index is 984. The Balaban J connectivity index is 1.43. The average Bonchev–Trinajstić information content (AvgIpc) is 2.90. The van der Waals surface area contributed by atoms with Gasteiger partial charge in [0.15, 0.2) is 5.58 Å². The first-order valence-electron chi connectivity index (χ1n) is 9.50. The lowest BCUT2D eigenvalue weighted by atomic mass is 9.94. The third kappa shape index (κ3) is 2.95. The fourth-order valence-corrected chi connectivity index (χ4v) is 4.23. The van der Waals surface area contributed by atoms with Gasteiger partial charge in [-0.1, -0.05) is 12.1 Å². The van der Waals surface area contributed by atoms with E-state index in [2.05, 4.69) is 14.9 Å². The number of aryl methyl sites for hydroxylation is 1. The van der Waals surface area contributed by atoms with Gasteiger partial charge >= 0.3 is 0 Å². The molecule has 3 saturated heterocycles. The maximum atomic E-state index is 13.0. The summed E-state index contributed by atoms with van der Waals surface area (Å²) in [7, 11) is 0. The van der Waals surface area contributed by atoms with Gasteiger partial charge in [0.1, 0.15) is 5.52 Å². The number of nitrogens with zero attached hydrogens (tertiary/aromatic N) is 4. The zero-order valence-electron chi connectivity index (χ0n) is 15.3. The number of hydrogen-bond donors (Lipinski definition) is 0. The lowest BCUT2D eigenvalue weighted by molar-refractivity contribution is -0.140. The molecule has 27 heavy (non-hydrogen) atoms. The third-order valence-corrected chi connectivity index (χ3v) is 5.65. The minimum atomic E-state index is -0.00999. The molecule has 0 N–H and O–H groups in total. The summed E-state index contributed by atoms with van der Waals surface area (Å²) >= 11 is 0. The van der Waals surface area contributed by atoms with Crippen molar-refractivity contribution in [1.82, 2.24) is 14.9 Å². The van der Waals surface area contributed by atoms with Gasteiger partial charge in [-0.05, 0) is 49.6 Å². The zero-order valence-corrected chi connectivity index (χ0v) is 15.3. The van der Waals surface area contributed by atoms with E-state index in [1.807, 2.05) is 48.2 Å². The van der Waals surface area contributed by atoms with E-state index < -0.39 is 0 Å². The monoisotopic (exact) mass is 362 g/mol. The molecular formula is C21H22N4O2. The van der Waals surface area contributed by atoms with Crippen molar-refractivity contribution in [1.29, 1.82) is 0 Å². The molecule has 6 rings (SSSR count). The second kappa shape index (κ2) is 6.37. The number of carbonyl (C=O) groups is 1. The molecule has 3 aliphatic heterocycles. The fourth-order valence-electron chi connectivity index (χ4n) is 4.23. The van der Waals surface area contributed by atoms with Gasteiger partial charge in [-0.15, -0.1) is 0 Å². The maximum Gasteiger partial charge on any atom is 0.298 e. The molecule has 0 aliphatic carbocycles. The van der Waals surface area contributed by atoms with E-state index in [4.69, 9.17) is 4.42 Å². The molecule has 3 fully saturated rings. The first-order valence-corrected chi connectivity index (χ1v) is 9.50. The number of carbonyl (C=O) groups excluding carboxylic acids is 1. The van der Waals surface area contributed by atoms with E-state index in [1.165, 1.54) is 0 Å². The van der Waals surface area contributed by atoms with E-state index in [0.29, 0.717) is 19.1 Å². The number of rotatable bonds is 3. The van der Waals surface area contributed by atoms with E-state index in [1.54, 1.807) is 6.20 Å². The summed E-state index contributed by atoms with van der Waals surface area (Å²) in [5.41, 5.74) is 3.76. The number of aromatic nitrogens is 2. The molecule has 5 heterocycles. The van der Waals surface area contributed by atoms with Gasteiger partial charge in [0, 0.05) is 25.3 Å². The standard InChI is InChI=1S/C21H22N4O2/c1-14-5-8-19-18(10-14)23-21(27-19)24-11-15-6-7-17(13-24)25(20(15)26)12-16-4-2-3-9-22-16/h2-5,8-10,15,17H,6-7,11-13H2,1H3. The molecular weight excluding hydrogens is 340 g/mol. The Kier molecular flexibility index (Phi) is 3.85. The summed E-state index contributed by atoms with van der Waals surface area (Å²) in [5.74, 6) is 0.218. The summed E-state index contributed by atoms with van der Waals surface area (Å²) in [6, 6.07) is 12.7. The topological polar surface area (TPSA) is 62.5 Å². The smallest absolute Gasteiger partial charge is 0.298 e. The van der Waals surface area contributed by atoms with Crippen LogP contribution in [0.1, 0.15) is 24.1 Å². The van der Waals surface area contributed by atoms with Crippen molar-refractivity contribution in [2.45, 2.75) is 32.4 Å². The van der Waals surface area contributed by atoms with E-state index in [-0.39, 0.29) is 17.9 Å². The average molecular weight is 362 g/mol. The van der Waals surface area contributed by atoms with Gasteiger partial charge < -0.3 is 14.2 Å². The maximum absolute atomic E-state index is 13.0. The van der Waals surface area contributed by atoms with Crippen LogP contribution < -0.4 is 4.90 Å². The molecule has 1 amide bonds. The fraction of sp³-hybridized carbons (Fsp3) is 0.381. The summed E-state index contributed by atoms with van der Waals surface area (Å²) in [4.78, 5) is 26.3. The van der Waals surface area contributed by atoms with Crippen molar-refractivity contribution in [3.05, 3.63) is 53.9 Å². The van der Waals surface area contributed by atoms with Crippen LogP contribution in [-0.2, 0) is 11.3 Å². The number of anilines is 1. The van der Waals surface area contributed by atoms with Crippen molar-refractivity contribution in [2.24, 2.45) is 5.92 Å². The lowest BCUT2D eigenvalue weighted by Gasteiger charge is -2.35. The van der Waals surface area contributed by atoms with Crippen molar-refractivity contribution in [3.8, 4) is 0 Å². The minimum Gasteiger partial charge on any atom is -0.423 e. The van der Waals surface area contributed by atoms with Crippen LogP contribution in [0.15, 0.2) is 47.0 Å². The van der Waals surface area contributed by atoms with Crippen LogP contribution in [0.2, 0.25) is 0 Å². The van der Waals surface area contributed by atoms with Crippen LogP contribution in [0.25, 0.3) is 11.1 Å². The Morgan fingerprint density at radius 2 is 2.11 bits per heavy atom. The molecule has 138 valence electrons. The van der Waals surface area contributed by atoms with Crippen molar-refractivity contribution < 1.29 is 9.21 Å². The zero-order chi connectivity index (χ0) is 18.4. The summed E-state index contributed by atoms with van der Waals surface area (Å²) in [6.45, 7) is 4.04. The Hall–Kier alpha value is -2.89. The van der Waals surface area contributed by atoms with E-state index >= 15 is 0 Å². The SMILES string of the molecule is Cc1ccc2oc(N3CC4CCC(C3)N(Cc3ccccn3)C4=O)nc2c1. The first-order chi connectivity index (χ1) is 13.2. The lowest BCUT2D eigenvalue weighted by Crippen LogP contribution is -2.47. The van der Waals surface area contributed by atoms with Crippen LogP contribution in [-0.4, -0.2) is 39.9 Å². The highest BCUT2D eigenvalue weighted by molar-refractivity contribution is 5.81. The van der Waals surface area contributed by atoms with Gasteiger partial charge in [-0.2, -0.15) is 4.98 Å². The normalized spacial score (nSPS) is 22.5. The molecule has 3 aliphatic rings. The van der Waals surface area contributed by atoms with Gasteiger partial charge in [0.2, 0.25) is 5.91 Å². The van der Waals surface area contributed by atoms with Gasteiger partial charge in [-0.25, -0.2) is 0 Å². The number of hydrogen-bond acceptors (Lipinski definition) is 5. The quantitative estimate of drug-likeness (QED) is 0.716. The van der Waals surface area contributed by atoms with Gasteiger partial charge in [-0.3, -0.25) is 9.78 Å². The highest BCUT2D eigenvalue weighted by Crippen LogP contribution is 2.33. The predicted octanol–water partition coefficient (Wildman–Crippen LogP) is 3.16. The molecule has 6 heteroatoms. The second-order valence-corrected chi connectivity index (χ2v) is 7.59. The Morgan fingerprint density at radius 1 is 1.19 bits per heavy atom. The van der Waals surface area contributed by atoms with Crippen LogP contribution in [0.3, 0.4) is 0 Å². The molecule has 2 bridgehead atoms. The third-order valence-electron chi connectivity index (χ3n) is 5.65. The van der Waals surface area contributed by atoms with Crippen molar-refractivity contribution in [3.63, 3.8) is 0 Å². The number of piperidine rings is 1. The first kappa shape index (κ1) is 16.3. The van der Waals surface area contributed by atoms with Gasteiger partial charge in [0.25, 0.3) is 6.01 Å². The summed E-state index contributed by atoms with van der Waals surface area (Å²) < 4.78 is 6.00. The molecule has 0 saturated carbocycles. The molecule has 0 spiro atoms. The molecule has 1 aromatic carbocycles. The molecule has 0 radical (unpaired) electrons.